The Morgan fingerprint density at radius 2 is 1.58 bits per heavy atom. The van der Waals surface area contributed by atoms with Gasteiger partial charge in [0.1, 0.15) is 30.1 Å². The van der Waals surface area contributed by atoms with E-state index in [9.17, 15) is 4.79 Å². The van der Waals surface area contributed by atoms with Crippen LogP contribution in [0.5, 0.6) is 17.2 Å². The largest absolute Gasteiger partial charge is 0.543 e. The van der Waals surface area contributed by atoms with Crippen LogP contribution in [0.2, 0.25) is 18.1 Å². The molecule has 0 atom stereocenters. The van der Waals surface area contributed by atoms with Crippen LogP contribution in [0.1, 0.15) is 42.3 Å². The van der Waals surface area contributed by atoms with Gasteiger partial charge in [-0.3, -0.25) is 4.79 Å². The number of carbonyl (C=O) groups is 1. The maximum atomic E-state index is 10.8. The van der Waals surface area contributed by atoms with Crippen LogP contribution >= 0.6 is 0 Å². The van der Waals surface area contributed by atoms with E-state index in [0.717, 1.165) is 45.8 Å². The fourth-order valence-electron chi connectivity index (χ4n) is 3.34. The number of hydrogen-bond donors (Lipinski definition) is 0. The van der Waals surface area contributed by atoms with Gasteiger partial charge in [0.25, 0.3) is 0 Å². The highest BCUT2D eigenvalue weighted by Gasteiger charge is 2.39. The average Bonchev–Trinajstić information content (AvgIpc) is 2.78. The Labute approximate surface area is 198 Å². The van der Waals surface area contributed by atoms with Crippen molar-refractivity contribution in [1.29, 1.82) is 0 Å². The topological polar surface area (TPSA) is 44.8 Å². The van der Waals surface area contributed by atoms with Gasteiger partial charge >= 0.3 is 0 Å². The molecule has 0 bridgehead atoms. The Hall–Kier alpha value is -3.05. The zero-order valence-corrected chi connectivity index (χ0v) is 21.7. The fraction of sp³-hybridized carbons (Fsp3) is 0.321. The number of methoxy groups -OCH3 is 1. The van der Waals surface area contributed by atoms with Gasteiger partial charge < -0.3 is 13.9 Å². The Balaban J connectivity index is 1.86. The van der Waals surface area contributed by atoms with Crippen LogP contribution in [0.15, 0.2) is 60.7 Å². The first-order chi connectivity index (χ1) is 15.6. The number of hydrogen-bond acceptors (Lipinski definition) is 4. The number of ether oxygens (including phenoxy) is 2. The van der Waals surface area contributed by atoms with Crippen LogP contribution in [0.25, 0.3) is 11.1 Å². The molecule has 0 aliphatic carbocycles. The normalized spacial score (nSPS) is 11.7. The molecular weight excluding hydrogens is 428 g/mol. The summed E-state index contributed by atoms with van der Waals surface area (Å²) in [5, 5.41) is 0.122. The molecule has 0 amide bonds. The van der Waals surface area contributed by atoms with E-state index >= 15 is 0 Å². The Morgan fingerprint density at radius 3 is 2.18 bits per heavy atom. The Bertz CT molecular complexity index is 1110. The van der Waals surface area contributed by atoms with Crippen LogP contribution in [0.4, 0.5) is 0 Å². The van der Waals surface area contributed by atoms with Crippen molar-refractivity contribution in [3.05, 3.63) is 77.4 Å². The predicted molar refractivity (Wildman–Crippen MR) is 137 cm³/mol. The molecule has 5 heteroatoms. The molecule has 3 aromatic carbocycles. The van der Waals surface area contributed by atoms with Crippen LogP contribution in [-0.4, -0.2) is 21.7 Å². The lowest BCUT2D eigenvalue weighted by molar-refractivity contribution is 0.112. The van der Waals surface area contributed by atoms with Crippen LogP contribution in [-0.2, 0) is 6.61 Å². The molecule has 0 saturated carbocycles. The summed E-state index contributed by atoms with van der Waals surface area (Å²) >= 11 is 0. The second kappa shape index (κ2) is 9.83. The summed E-state index contributed by atoms with van der Waals surface area (Å²) in [5.41, 5.74) is 4.99. The second-order valence-corrected chi connectivity index (χ2v) is 14.5. The average molecular weight is 463 g/mol. The van der Waals surface area contributed by atoms with Gasteiger partial charge in [-0.05, 0) is 78.1 Å². The van der Waals surface area contributed by atoms with E-state index in [0.29, 0.717) is 12.2 Å². The standard InChI is InChI=1S/C28H34O4Si/c1-20-22(19-31-23-13-11-21(18-29)12-14-23)9-8-10-25(20)26-16-15-24(17-27(26)30-5)32-33(6,7)28(2,3)4/h8-18H,19H2,1-7H3. The maximum Gasteiger partial charge on any atom is 0.250 e. The molecule has 0 unspecified atom stereocenters. The Morgan fingerprint density at radius 1 is 0.909 bits per heavy atom. The molecule has 4 nitrogen and oxygen atoms in total. The lowest BCUT2D eigenvalue weighted by Gasteiger charge is -2.36. The molecule has 0 fully saturated rings. The number of carbonyl (C=O) groups excluding carboxylic acids is 1. The first-order valence-electron chi connectivity index (χ1n) is 11.2. The van der Waals surface area contributed by atoms with E-state index in [1.807, 2.05) is 30.3 Å². The summed E-state index contributed by atoms with van der Waals surface area (Å²) in [7, 11) is -0.244. The van der Waals surface area contributed by atoms with Crippen molar-refractivity contribution in [2.45, 2.75) is 52.4 Å². The molecule has 0 aliphatic rings. The highest BCUT2D eigenvalue weighted by atomic mass is 28.4. The predicted octanol–water partition coefficient (Wildman–Crippen LogP) is 7.45. The van der Waals surface area contributed by atoms with E-state index in [4.69, 9.17) is 13.9 Å². The highest BCUT2D eigenvalue weighted by Crippen LogP contribution is 2.40. The van der Waals surface area contributed by atoms with Gasteiger partial charge in [0.2, 0.25) is 8.32 Å². The summed E-state index contributed by atoms with van der Waals surface area (Å²) in [5.74, 6) is 2.37. The van der Waals surface area contributed by atoms with Gasteiger partial charge in [0.15, 0.2) is 0 Å². The SMILES string of the molecule is COc1cc(O[Si](C)(C)C(C)(C)C)ccc1-c1cccc(COc2ccc(C=O)cc2)c1C. The molecule has 0 heterocycles. The van der Waals surface area contributed by atoms with E-state index in [-0.39, 0.29) is 5.04 Å². The Kier molecular flexibility index (Phi) is 7.33. The number of aldehydes is 1. The summed E-state index contributed by atoms with van der Waals surface area (Å²) < 4.78 is 18.2. The zero-order chi connectivity index (χ0) is 24.2. The molecule has 0 aliphatic heterocycles. The quantitative estimate of drug-likeness (QED) is 0.258. The minimum absolute atomic E-state index is 0.122. The third-order valence-electron chi connectivity index (χ3n) is 6.50. The van der Waals surface area contributed by atoms with Gasteiger partial charge in [0.05, 0.1) is 7.11 Å². The summed E-state index contributed by atoms with van der Waals surface area (Å²) in [4.78, 5) is 10.8. The van der Waals surface area contributed by atoms with E-state index in [1.165, 1.54) is 0 Å². The molecule has 0 aromatic heterocycles. The van der Waals surface area contributed by atoms with Gasteiger partial charge in [0, 0.05) is 17.2 Å². The maximum absolute atomic E-state index is 10.8. The molecule has 174 valence electrons. The molecule has 0 spiro atoms. The van der Waals surface area contributed by atoms with Crippen molar-refractivity contribution in [2.24, 2.45) is 0 Å². The monoisotopic (exact) mass is 462 g/mol. The van der Waals surface area contributed by atoms with Crippen LogP contribution in [0.3, 0.4) is 0 Å². The summed E-state index contributed by atoms with van der Waals surface area (Å²) in [6, 6.07) is 19.4. The molecule has 3 aromatic rings. The van der Waals surface area contributed by atoms with Crippen molar-refractivity contribution in [1.82, 2.24) is 0 Å². The highest BCUT2D eigenvalue weighted by molar-refractivity contribution is 6.74. The number of benzene rings is 3. The first-order valence-corrected chi connectivity index (χ1v) is 14.1. The van der Waals surface area contributed by atoms with Gasteiger partial charge in [-0.25, -0.2) is 0 Å². The molecule has 33 heavy (non-hydrogen) atoms. The second-order valence-electron chi connectivity index (χ2n) is 9.79. The van der Waals surface area contributed by atoms with Crippen LogP contribution < -0.4 is 13.9 Å². The van der Waals surface area contributed by atoms with E-state index in [1.54, 1.807) is 19.2 Å². The van der Waals surface area contributed by atoms with Crippen molar-refractivity contribution in [2.75, 3.05) is 7.11 Å². The third kappa shape index (κ3) is 5.66. The molecular formula is C28H34O4Si. The first kappa shape index (κ1) is 24.6. The van der Waals surface area contributed by atoms with E-state index in [2.05, 4.69) is 59.0 Å². The van der Waals surface area contributed by atoms with E-state index < -0.39 is 8.32 Å². The van der Waals surface area contributed by atoms with Crippen molar-refractivity contribution < 1.29 is 18.7 Å². The van der Waals surface area contributed by atoms with Crippen molar-refractivity contribution in [3.8, 4) is 28.4 Å². The minimum Gasteiger partial charge on any atom is -0.543 e. The number of rotatable bonds is 8. The van der Waals surface area contributed by atoms with Gasteiger partial charge in [-0.1, -0.05) is 39.0 Å². The minimum atomic E-state index is -1.94. The lowest BCUT2D eigenvalue weighted by atomic mass is 9.96. The summed E-state index contributed by atoms with van der Waals surface area (Å²) in [6.45, 7) is 13.7. The zero-order valence-electron chi connectivity index (χ0n) is 20.7. The smallest absolute Gasteiger partial charge is 0.250 e. The summed E-state index contributed by atoms with van der Waals surface area (Å²) in [6.07, 6.45) is 0.827. The molecule has 0 N–H and O–H groups in total. The van der Waals surface area contributed by atoms with Crippen molar-refractivity contribution in [3.63, 3.8) is 0 Å². The fourth-order valence-corrected chi connectivity index (χ4v) is 4.36. The van der Waals surface area contributed by atoms with Gasteiger partial charge in [-0.15, -0.1) is 0 Å². The van der Waals surface area contributed by atoms with Gasteiger partial charge in [-0.2, -0.15) is 0 Å². The lowest BCUT2D eigenvalue weighted by Crippen LogP contribution is -2.43. The molecule has 0 saturated heterocycles. The van der Waals surface area contributed by atoms with Crippen molar-refractivity contribution >= 4 is 14.6 Å². The van der Waals surface area contributed by atoms with Crippen LogP contribution in [0, 0.1) is 6.92 Å². The third-order valence-corrected chi connectivity index (χ3v) is 10.9. The molecule has 3 rings (SSSR count). The molecule has 0 radical (unpaired) electrons.